The fourth-order valence-corrected chi connectivity index (χ4v) is 3.82. The van der Waals surface area contributed by atoms with Gasteiger partial charge in [0.05, 0.1) is 12.8 Å². The van der Waals surface area contributed by atoms with Crippen LogP contribution in [0.5, 0.6) is 17.2 Å². The molecule has 1 aliphatic rings. The summed E-state index contributed by atoms with van der Waals surface area (Å²) in [5.41, 5.74) is 0.748. The highest BCUT2D eigenvalue weighted by Crippen LogP contribution is 2.34. The fourth-order valence-electron chi connectivity index (χ4n) is 3.82. The first-order valence-corrected chi connectivity index (χ1v) is 11.8. The van der Waals surface area contributed by atoms with Gasteiger partial charge in [0.15, 0.2) is 19.0 Å². The number of ketones is 1. The molecular formula is C26H33N3O6. The van der Waals surface area contributed by atoms with Crippen molar-refractivity contribution in [2.24, 2.45) is 0 Å². The summed E-state index contributed by atoms with van der Waals surface area (Å²) in [6, 6.07) is 11.0. The Balaban J connectivity index is 1.69. The highest BCUT2D eigenvalue weighted by molar-refractivity contribution is 6.05. The number of Topliss-reactive ketones (excluding diaryl/α,β-unsaturated/α-hetero) is 1. The molecule has 1 aliphatic heterocycles. The minimum absolute atomic E-state index is 0.169. The minimum Gasteiger partial charge on any atom is -0.497 e. The van der Waals surface area contributed by atoms with Crippen molar-refractivity contribution in [2.45, 2.75) is 26.8 Å². The highest BCUT2D eigenvalue weighted by atomic mass is 16.5. The average Bonchev–Trinajstić information content (AvgIpc) is 2.89. The molecule has 0 unspecified atom stereocenters. The van der Waals surface area contributed by atoms with Crippen molar-refractivity contribution in [3.8, 4) is 17.2 Å². The predicted molar refractivity (Wildman–Crippen MR) is 133 cm³/mol. The van der Waals surface area contributed by atoms with Gasteiger partial charge in [-0.05, 0) is 62.5 Å². The van der Waals surface area contributed by atoms with Crippen LogP contribution in [-0.4, -0.2) is 75.0 Å². The molecule has 35 heavy (non-hydrogen) atoms. The summed E-state index contributed by atoms with van der Waals surface area (Å²) >= 11 is 0. The van der Waals surface area contributed by atoms with E-state index in [0.29, 0.717) is 35.0 Å². The predicted octanol–water partition coefficient (Wildman–Crippen LogP) is 2.53. The number of amides is 2. The van der Waals surface area contributed by atoms with Crippen LogP contribution in [0, 0.1) is 0 Å². The molecule has 0 bridgehead atoms. The molecule has 9 nitrogen and oxygen atoms in total. The van der Waals surface area contributed by atoms with Crippen molar-refractivity contribution in [3.05, 3.63) is 48.0 Å². The molecular weight excluding hydrogens is 450 g/mol. The second kappa shape index (κ2) is 12.2. The number of carbonyl (C=O) groups excluding carboxylic acids is 3. The van der Waals surface area contributed by atoms with Crippen LogP contribution in [0.2, 0.25) is 0 Å². The number of rotatable bonds is 12. The molecule has 188 valence electrons. The van der Waals surface area contributed by atoms with Gasteiger partial charge < -0.3 is 24.4 Å². The normalized spacial score (nSPS) is 13.6. The zero-order valence-electron chi connectivity index (χ0n) is 20.7. The van der Waals surface area contributed by atoms with Crippen LogP contribution < -0.4 is 24.4 Å². The maximum atomic E-state index is 12.8. The van der Waals surface area contributed by atoms with Crippen molar-refractivity contribution >= 4 is 23.3 Å². The Morgan fingerprint density at radius 2 is 1.80 bits per heavy atom. The first-order chi connectivity index (χ1) is 16.9. The van der Waals surface area contributed by atoms with Gasteiger partial charge >= 0.3 is 0 Å². The molecule has 0 spiro atoms. The summed E-state index contributed by atoms with van der Waals surface area (Å²) in [4.78, 5) is 41.9. The SMILES string of the molecule is CCN(CC)CCNC(=O)[C@H](C)N1C(=O)COc2ccc(C(=O)COc3ccc(OC)cc3)cc21. The molecule has 1 N–H and O–H groups in total. The van der Waals surface area contributed by atoms with Gasteiger partial charge in [-0.25, -0.2) is 0 Å². The Morgan fingerprint density at radius 1 is 1.11 bits per heavy atom. The number of hydrogen-bond acceptors (Lipinski definition) is 7. The summed E-state index contributed by atoms with van der Waals surface area (Å²) in [6.07, 6.45) is 0. The monoisotopic (exact) mass is 483 g/mol. The maximum Gasteiger partial charge on any atom is 0.265 e. The van der Waals surface area contributed by atoms with Gasteiger partial charge in [-0.2, -0.15) is 0 Å². The topological polar surface area (TPSA) is 97.4 Å². The highest BCUT2D eigenvalue weighted by Gasteiger charge is 2.33. The molecule has 2 aromatic rings. The molecule has 0 saturated heterocycles. The van der Waals surface area contributed by atoms with E-state index < -0.39 is 6.04 Å². The number of ether oxygens (including phenoxy) is 3. The molecule has 3 rings (SSSR count). The van der Waals surface area contributed by atoms with Crippen LogP contribution >= 0.6 is 0 Å². The van der Waals surface area contributed by atoms with Gasteiger partial charge in [-0.15, -0.1) is 0 Å². The Kier molecular flexibility index (Phi) is 9.08. The van der Waals surface area contributed by atoms with Crippen molar-refractivity contribution < 1.29 is 28.6 Å². The number of nitrogens with zero attached hydrogens (tertiary/aromatic N) is 2. The molecule has 0 radical (unpaired) electrons. The van der Waals surface area contributed by atoms with Crippen LogP contribution in [0.15, 0.2) is 42.5 Å². The van der Waals surface area contributed by atoms with E-state index in [4.69, 9.17) is 14.2 Å². The molecule has 2 aromatic carbocycles. The van der Waals surface area contributed by atoms with Crippen LogP contribution in [0.25, 0.3) is 0 Å². The van der Waals surface area contributed by atoms with Crippen LogP contribution in [0.1, 0.15) is 31.1 Å². The summed E-state index contributed by atoms with van der Waals surface area (Å²) < 4.78 is 16.3. The van der Waals surface area contributed by atoms with Gasteiger partial charge in [-0.1, -0.05) is 13.8 Å². The minimum atomic E-state index is -0.761. The van der Waals surface area contributed by atoms with E-state index in [9.17, 15) is 14.4 Å². The number of hydrogen-bond donors (Lipinski definition) is 1. The second-order valence-electron chi connectivity index (χ2n) is 8.12. The molecule has 0 fully saturated rings. The summed E-state index contributed by atoms with van der Waals surface area (Å²) in [6.45, 7) is 8.46. The van der Waals surface area contributed by atoms with E-state index in [1.165, 1.54) is 4.90 Å². The van der Waals surface area contributed by atoms with Gasteiger partial charge in [0.1, 0.15) is 23.3 Å². The molecule has 0 aromatic heterocycles. The summed E-state index contributed by atoms with van der Waals surface area (Å²) in [5.74, 6) is 0.792. The lowest BCUT2D eigenvalue weighted by Crippen LogP contribution is -2.52. The fraction of sp³-hybridized carbons (Fsp3) is 0.423. The van der Waals surface area contributed by atoms with Gasteiger partial charge in [0.2, 0.25) is 5.91 Å². The number of nitrogens with one attached hydrogen (secondary N) is 1. The molecule has 9 heteroatoms. The van der Waals surface area contributed by atoms with E-state index in [-0.39, 0.29) is 30.8 Å². The van der Waals surface area contributed by atoms with Crippen molar-refractivity contribution in [1.29, 1.82) is 0 Å². The number of anilines is 1. The van der Waals surface area contributed by atoms with Gasteiger partial charge in [0.25, 0.3) is 5.91 Å². The number of methoxy groups -OCH3 is 1. The Morgan fingerprint density at radius 3 is 2.46 bits per heavy atom. The Hall–Kier alpha value is -3.59. The lowest BCUT2D eigenvalue weighted by Gasteiger charge is -2.33. The van der Waals surface area contributed by atoms with Crippen molar-refractivity contribution in [2.75, 3.05) is 51.4 Å². The number of fused-ring (bicyclic) bond motifs is 1. The quantitative estimate of drug-likeness (QED) is 0.464. The summed E-state index contributed by atoms with van der Waals surface area (Å²) in [7, 11) is 1.57. The first kappa shape index (κ1) is 26.0. The van der Waals surface area contributed by atoms with Crippen molar-refractivity contribution in [1.82, 2.24) is 10.2 Å². The van der Waals surface area contributed by atoms with Gasteiger partial charge in [0, 0.05) is 18.7 Å². The van der Waals surface area contributed by atoms with E-state index in [1.807, 2.05) is 0 Å². The zero-order chi connectivity index (χ0) is 25.4. The number of likely N-dealkylation sites (N-methyl/N-ethyl adjacent to an activating group) is 1. The number of carbonyl (C=O) groups is 3. The molecule has 0 aliphatic carbocycles. The summed E-state index contributed by atoms with van der Waals surface area (Å²) in [5, 5.41) is 2.90. The largest absolute Gasteiger partial charge is 0.497 e. The van der Waals surface area contributed by atoms with Gasteiger partial charge in [-0.3, -0.25) is 19.3 Å². The Labute approximate surface area is 205 Å². The van der Waals surface area contributed by atoms with Crippen molar-refractivity contribution in [3.63, 3.8) is 0 Å². The average molecular weight is 484 g/mol. The van der Waals surface area contributed by atoms with Crippen LogP contribution in [0.4, 0.5) is 5.69 Å². The van der Waals surface area contributed by atoms with Crippen LogP contribution in [-0.2, 0) is 9.59 Å². The first-order valence-electron chi connectivity index (χ1n) is 11.8. The third-order valence-electron chi connectivity index (χ3n) is 5.98. The van der Waals surface area contributed by atoms with E-state index in [2.05, 4.69) is 24.1 Å². The smallest absolute Gasteiger partial charge is 0.265 e. The third-order valence-corrected chi connectivity index (χ3v) is 5.98. The van der Waals surface area contributed by atoms with E-state index >= 15 is 0 Å². The maximum absolute atomic E-state index is 12.8. The molecule has 0 saturated carbocycles. The molecule has 1 heterocycles. The molecule has 2 amide bonds. The second-order valence-corrected chi connectivity index (χ2v) is 8.12. The molecule has 1 atom stereocenters. The standard InChI is InChI=1S/C26H33N3O6/c1-5-28(6-2)14-13-27-26(32)18(3)29-22-15-19(7-12-24(22)35-17-25(29)31)23(30)16-34-21-10-8-20(33-4)9-11-21/h7-12,15,18H,5-6,13-14,16-17H2,1-4H3,(H,27,32)/t18-/m0/s1. The zero-order valence-corrected chi connectivity index (χ0v) is 20.7. The lowest BCUT2D eigenvalue weighted by molar-refractivity contribution is -0.127. The van der Waals surface area contributed by atoms with E-state index in [1.54, 1.807) is 56.5 Å². The third kappa shape index (κ3) is 6.51. The van der Waals surface area contributed by atoms with Crippen LogP contribution in [0.3, 0.4) is 0 Å². The Bertz CT molecular complexity index is 1040. The van der Waals surface area contributed by atoms with E-state index in [0.717, 1.165) is 19.6 Å². The number of benzene rings is 2. The lowest BCUT2D eigenvalue weighted by atomic mass is 10.1.